The van der Waals surface area contributed by atoms with E-state index in [1.807, 2.05) is 0 Å². The predicted octanol–water partition coefficient (Wildman–Crippen LogP) is 4.01. The second-order valence-electron chi connectivity index (χ2n) is 6.22. The van der Waals surface area contributed by atoms with Crippen LogP contribution in [0.15, 0.2) is 18.2 Å². The van der Waals surface area contributed by atoms with Gasteiger partial charge in [0.15, 0.2) is 0 Å². The number of alkyl halides is 3. The van der Waals surface area contributed by atoms with Gasteiger partial charge in [-0.05, 0) is 30.0 Å². The van der Waals surface area contributed by atoms with E-state index in [4.69, 9.17) is 0 Å². The van der Waals surface area contributed by atoms with Gasteiger partial charge in [-0.2, -0.15) is 13.2 Å². The van der Waals surface area contributed by atoms with Crippen LogP contribution in [-0.4, -0.2) is 31.1 Å². The summed E-state index contributed by atoms with van der Waals surface area (Å²) in [5.41, 5.74) is -0.566. The average Bonchev–Trinajstić information content (AvgIpc) is 3.29. The summed E-state index contributed by atoms with van der Waals surface area (Å²) in [6, 6.07) is 3.43. The van der Waals surface area contributed by atoms with E-state index in [0.29, 0.717) is 11.5 Å². The molecule has 1 aliphatic heterocycles. The van der Waals surface area contributed by atoms with Crippen molar-refractivity contribution in [3.63, 3.8) is 0 Å². The second kappa shape index (κ2) is 7.36. The number of hydrogen-bond acceptors (Lipinski definition) is 2. The molecule has 23 heavy (non-hydrogen) atoms. The number of nitrogens with zero attached hydrogens (tertiary/aromatic N) is 1. The lowest BCUT2D eigenvalue weighted by Crippen LogP contribution is -2.45. The molecule has 0 bridgehead atoms. The Kier molecular flexibility index (Phi) is 5.92. The van der Waals surface area contributed by atoms with E-state index in [0.717, 1.165) is 57.6 Å². The van der Waals surface area contributed by atoms with Crippen molar-refractivity contribution in [2.75, 3.05) is 26.2 Å². The van der Waals surface area contributed by atoms with Crippen molar-refractivity contribution < 1.29 is 17.6 Å². The molecule has 1 saturated carbocycles. The van der Waals surface area contributed by atoms with E-state index in [1.165, 1.54) is 6.07 Å². The van der Waals surface area contributed by atoms with Crippen molar-refractivity contribution in [2.45, 2.75) is 31.5 Å². The van der Waals surface area contributed by atoms with Crippen molar-refractivity contribution in [1.82, 2.24) is 10.2 Å². The molecular weight excluding hydrogens is 332 g/mol. The highest BCUT2D eigenvalue weighted by molar-refractivity contribution is 5.85. The summed E-state index contributed by atoms with van der Waals surface area (Å²) in [6.45, 7) is 3.31. The van der Waals surface area contributed by atoms with Crippen molar-refractivity contribution in [3.05, 3.63) is 35.1 Å². The van der Waals surface area contributed by atoms with Crippen LogP contribution < -0.4 is 5.32 Å². The zero-order valence-electron chi connectivity index (χ0n) is 12.7. The van der Waals surface area contributed by atoms with E-state index < -0.39 is 17.6 Å². The molecule has 2 aliphatic rings. The fourth-order valence-corrected chi connectivity index (χ4v) is 3.13. The molecule has 7 heteroatoms. The van der Waals surface area contributed by atoms with Crippen molar-refractivity contribution >= 4 is 12.4 Å². The van der Waals surface area contributed by atoms with Crippen LogP contribution in [0, 0.1) is 11.7 Å². The van der Waals surface area contributed by atoms with Crippen LogP contribution in [0.5, 0.6) is 0 Å². The zero-order chi connectivity index (χ0) is 15.7. The van der Waals surface area contributed by atoms with Crippen LogP contribution in [0.2, 0.25) is 0 Å². The van der Waals surface area contributed by atoms with Gasteiger partial charge in [-0.1, -0.05) is 18.9 Å². The highest BCUT2D eigenvalue weighted by atomic mass is 35.5. The summed E-state index contributed by atoms with van der Waals surface area (Å²) in [4.78, 5) is 2.22. The molecule has 1 aliphatic carbocycles. The molecule has 130 valence electrons. The van der Waals surface area contributed by atoms with Crippen molar-refractivity contribution in [1.29, 1.82) is 0 Å². The normalized spacial score (nSPS) is 20.9. The molecule has 3 rings (SSSR count). The molecule has 0 unspecified atom stereocenters. The zero-order valence-corrected chi connectivity index (χ0v) is 13.5. The van der Waals surface area contributed by atoms with E-state index in [2.05, 4.69) is 10.2 Å². The van der Waals surface area contributed by atoms with Gasteiger partial charge in [0.2, 0.25) is 0 Å². The molecule has 0 spiro atoms. The fourth-order valence-electron chi connectivity index (χ4n) is 3.13. The molecule has 1 aromatic rings. The highest BCUT2D eigenvalue weighted by Gasteiger charge is 2.36. The second-order valence-corrected chi connectivity index (χ2v) is 6.22. The predicted molar refractivity (Wildman–Crippen MR) is 83.2 cm³/mol. The van der Waals surface area contributed by atoms with Crippen LogP contribution in [0.3, 0.4) is 0 Å². The summed E-state index contributed by atoms with van der Waals surface area (Å²) in [5, 5.41) is 3.25. The van der Waals surface area contributed by atoms with Crippen molar-refractivity contribution in [3.8, 4) is 0 Å². The Morgan fingerprint density at radius 1 is 1.17 bits per heavy atom. The lowest BCUT2D eigenvalue weighted by molar-refractivity contribution is -0.140. The van der Waals surface area contributed by atoms with Gasteiger partial charge in [0, 0.05) is 32.2 Å². The Morgan fingerprint density at radius 2 is 1.83 bits per heavy atom. The van der Waals surface area contributed by atoms with Gasteiger partial charge in [-0.15, -0.1) is 12.4 Å². The minimum Gasteiger partial charge on any atom is -0.314 e. The number of piperazine rings is 1. The Hall–Kier alpha value is -0.850. The average molecular weight is 353 g/mol. The number of nitrogens with one attached hydrogen (secondary N) is 1. The summed E-state index contributed by atoms with van der Waals surface area (Å²) < 4.78 is 52.3. The third kappa shape index (κ3) is 4.58. The molecule has 2 fully saturated rings. The topological polar surface area (TPSA) is 15.3 Å². The van der Waals surface area contributed by atoms with Gasteiger partial charge in [-0.3, -0.25) is 4.90 Å². The number of benzene rings is 1. The number of halogens is 5. The minimum atomic E-state index is -4.65. The molecule has 1 atom stereocenters. The van der Waals surface area contributed by atoms with Gasteiger partial charge in [0.1, 0.15) is 5.82 Å². The highest BCUT2D eigenvalue weighted by Crippen LogP contribution is 2.41. The van der Waals surface area contributed by atoms with Gasteiger partial charge in [0.25, 0.3) is 0 Å². The maximum atomic E-state index is 13.5. The Balaban J connectivity index is 0.00000192. The van der Waals surface area contributed by atoms with Crippen LogP contribution in [-0.2, 0) is 6.18 Å². The molecule has 0 aromatic heterocycles. The van der Waals surface area contributed by atoms with Crippen LogP contribution >= 0.6 is 12.4 Å². The first-order chi connectivity index (χ1) is 10.4. The van der Waals surface area contributed by atoms with Crippen LogP contribution in [0.1, 0.15) is 36.4 Å². The quantitative estimate of drug-likeness (QED) is 0.824. The molecule has 1 aromatic carbocycles. The Bertz CT molecular complexity index is 525. The SMILES string of the molecule is Cl.Fc1ccc([C@@H](CC2CC2)N2CCNCC2)cc1C(F)(F)F. The maximum absolute atomic E-state index is 13.5. The smallest absolute Gasteiger partial charge is 0.314 e. The fraction of sp³-hybridized carbons (Fsp3) is 0.625. The van der Waals surface area contributed by atoms with Gasteiger partial charge >= 0.3 is 6.18 Å². The van der Waals surface area contributed by atoms with Gasteiger partial charge in [-0.25, -0.2) is 4.39 Å². The third-order valence-electron chi connectivity index (χ3n) is 4.53. The van der Waals surface area contributed by atoms with E-state index in [-0.39, 0.29) is 18.4 Å². The number of rotatable bonds is 4. The Morgan fingerprint density at radius 3 is 2.39 bits per heavy atom. The van der Waals surface area contributed by atoms with Crippen LogP contribution in [0.4, 0.5) is 17.6 Å². The van der Waals surface area contributed by atoms with Gasteiger partial charge in [0.05, 0.1) is 5.56 Å². The number of hydrogen-bond donors (Lipinski definition) is 1. The molecule has 1 N–H and O–H groups in total. The van der Waals surface area contributed by atoms with Gasteiger partial charge < -0.3 is 5.32 Å². The maximum Gasteiger partial charge on any atom is 0.419 e. The first-order valence-electron chi connectivity index (χ1n) is 7.76. The Labute approximate surface area is 139 Å². The molecule has 0 radical (unpaired) electrons. The standard InChI is InChI=1S/C16H20F4N2.ClH/c17-14-4-3-12(10-13(14)16(18,19)20)15(9-11-1-2-11)22-7-5-21-6-8-22;/h3-4,10-11,15,21H,1-2,5-9H2;1H/t15-;/m1./s1. The van der Waals surface area contributed by atoms with E-state index in [1.54, 1.807) is 0 Å². The lowest BCUT2D eigenvalue weighted by atomic mass is 9.96. The molecule has 1 heterocycles. The van der Waals surface area contributed by atoms with Crippen LogP contribution in [0.25, 0.3) is 0 Å². The summed E-state index contributed by atoms with van der Waals surface area (Å²) in [6.07, 6.45) is -1.48. The first kappa shape index (κ1) is 18.5. The monoisotopic (exact) mass is 352 g/mol. The molecule has 1 saturated heterocycles. The minimum absolute atomic E-state index is 0. The van der Waals surface area contributed by atoms with E-state index in [9.17, 15) is 17.6 Å². The molecular formula is C16H21ClF4N2. The van der Waals surface area contributed by atoms with Crippen molar-refractivity contribution in [2.24, 2.45) is 5.92 Å². The third-order valence-corrected chi connectivity index (χ3v) is 4.53. The summed E-state index contributed by atoms with van der Waals surface area (Å²) in [7, 11) is 0. The first-order valence-corrected chi connectivity index (χ1v) is 7.76. The molecule has 0 amide bonds. The molecule has 2 nitrogen and oxygen atoms in total. The largest absolute Gasteiger partial charge is 0.419 e. The summed E-state index contributed by atoms with van der Waals surface area (Å²) >= 11 is 0. The van der Waals surface area contributed by atoms with E-state index >= 15 is 0 Å². The summed E-state index contributed by atoms with van der Waals surface area (Å²) in [5.74, 6) is -0.596. The lowest BCUT2D eigenvalue weighted by Gasteiger charge is -2.35.